The van der Waals surface area contributed by atoms with Gasteiger partial charge < -0.3 is 9.84 Å². The SMILES string of the molecule is O=C(c1ccccc1)c1cc(Cl)ccc1NC(=O)C1CCN(Cc2nc(-c3ccc(F)cc3)no2)CC1. The third kappa shape index (κ3) is 5.93. The molecule has 188 valence electrons. The van der Waals surface area contributed by atoms with Crippen LogP contribution in [0.3, 0.4) is 0 Å². The highest BCUT2D eigenvalue weighted by Crippen LogP contribution is 2.26. The minimum absolute atomic E-state index is 0.125. The third-order valence-corrected chi connectivity index (χ3v) is 6.64. The van der Waals surface area contributed by atoms with Crippen LogP contribution in [0.2, 0.25) is 5.02 Å². The first-order chi connectivity index (χ1) is 18.0. The van der Waals surface area contributed by atoms with Crippen molar-refractivity contribution in [3.8, 4) is 11.4 Å². The lowest BCUT2D eigenvalue weighted by Gasteiger charge is -2.30. The van der Waals surface area contributed by atoms with Gasteiger partial charge >= 0.3 is 0 Å². The number of piperidine rings is 1. The Bertz CT molecular complexity index is 1400. The Morgan fingerprint density at radius 2 is 1.76 bits per heavy atom. The number of hydrogen-bond donors (Lipinski definition) is 1. The summed E-state index contributed by atoms with van der Waals surface area (Å²) < 4.78 is 18.5. The predicted molar refractivity (Wildman–Crippen MR) is 138 cm³/mol. The highest BCUT2D eigenvalue weighted by Gasteiger charge is 2.27. The van der Waals surface area contributed by atoms with Gasteiger partial charge in [0.2, 0.25) is 17.6 Å². The number of aromatic nitrogens is 2. The number of hydrogen-bond acceptors (Lipinski definition) is 6. The van der Waals surface area contributed by atoms with Crippen molar-refractivity contribution in [1.82, 2.24) is 15.0 Å². The van der Waals surface area contributed by atoms with Gasteiger partial charge in [-0.3, -0.25) is 14.5 Å². The highest BCUT2D eigenvalue weighted by atomic mass is 35.5. The largest absolute Gasteiger partial charge is 0.338 e. The number of likely N-dealkylation sites (tertiary alicyclic amines) is 1. The van der Waals surface area contributed by atoms with Gasteiger partial charge in [0.1, 0.15) is 5.82 Å². The Labute approximate surface area is 218 Å². The zero-order valence-corrected chi connectivity index (χ0v) is 20.6. The van der Waals surface area contributed by atoms with E-state index in [4.69, 9.17) is 16.1 Å². The van der Waals surface area contributed by atoms with Gasteiger partial charge in [-0.2, -0.15) is 4.98 Å². The molecule has 2 heterocycles. The number of ketones is 1. The quantitative estimate of drug-likeness (QED) is 0.320. The molecule has 1 aromatic heterocycles. The molecule has 0 aliphatic carbocycles. The number of nitrogens with one attached hydrogen (secondary N) is 1. The Balaban J connectivity index is 1.18. The number of carbonyl (C=O) groups excluding carboxylic acids is 2. The molecular weight excluding hydrogens is 495 g/mol. The molecule has 1 amide bonds. The van der Waals surface area contributed by atoms with Gasteiger partial charge in [0, 0.05) is 27.6 Å². The van der Waals surface area contributed by atoms with Crippen LogP contribution in [0, 0.1) is 11.7 Å². The van der Waals surface area contributed by atoms with Gasteiger partial charge in [-0.15, -0.1) is 0 Å². The summed E-state index contributed by atoms with van der Waals surface area (Å²) in [6, 6.07) is 19.7. The summed E-state index contributed by atoms with van der Waals surface area (Å²) >= 11 is 6.16. The molecule has 0 atom stereocenters. The fraction of sp³-hybridized carbons (Fsp3) is 0.214. The average Bonchev–Trinajstić information content (AvgIpc) is 3.39. The van der Waals surface area contributed by atoms with Gasteiger partial charge in [-0.05, 0) is 68.4 Å². The van der Waals surface area contributed by atoms with Gasteiger partial charge in [0.25, 0.3) is 0 Å². The summed E-state index contributed by atoms with van der Waals surface area (Å²) in [5.74, 6) is 0.0346. The molecule has 0 unspecified atom stereocenters. The molecule has 9 heteroatoms. The topological polar surface area (TPSA) is 88.3 Å². The second-order valence-corrected chi connectivity index (χ2v) is 9.38. The van der Waals surface area contributed by atoms with Gasteiger partial charge in [-0.25, -0.2) is 4.39 Å². The van der Waals surface area contributed by atoms with E-state index in [-0.39, 0.29) is 23.4 Å². The van der Waals surface area contributed by atoms with Gasteiger partial charge in [0.05, 0.1) is 12.2 Å². The van der Waals surface area contributed by atoms with Crippen LogP contribution in [0.4, 0.5) is 10.1 Å². The van der Waals surface area contributed by atoms with E-state index in [1.165, 1.54) is 12.1 Å². The summed E-state index contributed by atoms with van der Waals surface area (Å²) in [5, 5.41) is 7.35. The smallest absolute Gasteiger partial charge is 0.241 e. The molecule has 7 nitrogen and oxygen atoms in total. The second kappa shape index (κ2) is 11.0. The number of rotatable bonds is 7. The monoisotopic (exact) mass is 518 g/mol. The molecule has 1 saturated heterocycles. The van der Waals surface area contributed by atoms with E-state index in [1.54, 1.807) is 54.6 Å². The molecule has 1 N–H and O–H groups in total. The summed E-state index contributed by atoms with van der Waals surface area (Å²) in [6.45, 7) is 1.83. The van der Waals surface area contributed by atoms with E-state index >= 15 is 0 Å². The second-order valence-electron chi connectivity index (χ2n) is 8.94. The lowest BCUT2D eigenvalue weighted by Crippen LogP contribution is -2.38. The number of benzene rings is 3. The van der Waals surface area contributed by atoms with Crippen LogP contribution in [0.15, 0.2) is 77.3 Å². The van der Waals surface area contributed by atoms with E-state index in [9.17, 15) is 14.0 Å². The molecule has 3 aromatic carbocycles. The number of nitrogens with zero attached hydrogens (tertiary/aromatic N) is 3. The number of amides is 1. The van der Waals surface area contributed by atoms with Crippen molar-refractivity contribution in [3.05, 3.63) is 101 Å². The van der Waals surface area contributed by atoms with E-state index in [0.717, 1.165) is 0 Å². The van der Waals surface area contributed by atoms with Crippen LogP contribution in [0.1, 0.15) is 34.7 Å². The van der Waals surface area contributed by atoms with Crippen molar-refractivity contribution in [2.75, 3.05) is 18.4 Å². The molecule has 37 heavy (non-hydrogen) atoms. The van der Waals surface area contributed by atoms with Crippen molar-refractivity contribution < 1.29 is 18.5 Å². The minimum Gasteiger partial charge on any atom is -0.338 e. The lowest BCUT2D eigenvalue weighted by atomic mass is 9.95. The summed E-state index contributed by atoms with van der Waals surface area (Å²) in [5.41, 5.74) is 2.01. The molecule has 1 aliphatic heterocycles. The molecule has 0 bridgehead atoms. The molecule has 1 aliphatic rings. The van der Waals surface area contributed by atoms with Gasteiger partial charge in [0.15, 0.2) is 5.78 Å². The molecule has 0 radical (unpaired) electrons. The van der Waals surface area contributed by atoms with Crippen LogP contribution in [0.25, 0.3) is 11.4 Å². The number of carbonyl (C=O) groups is 2. The number of halogens is 2. The molecule has 5 rings (SSSR count). The van der Waals surface area contributed by atoms with E-state index < -0.39 is 0 Å². The van der Waals surface area contributed by atoms with E-state index in [1.807, 2.05) is 6.07 Å². The molecule has 0 spiro atoms. The summed E-state index contributed by atoms with van der Waals surface area (Å²) in [4.78, 5) is 32.7. The zero-order valence-electron chi connectivity index (χ0n) is 19.9. The van der Waals surface area contributed by atoms with Crippen molar-refractivity contribution in [1.29, 1.82) is 0 Å². The summed E-state index contributed by atoms with van der Waals surface area (Å²) in [6.07, 6.45) is 1.31. The highest BCUT2D eigenvalue weighted by molar-refractivity contribution is 6.31. The van der Waals surface area contributed by atoms with Crippen LogP contribution in [-0.2, 0) is 11.3 Å². The first-order valence-corrected chi connectivity index (χ1v) is 12.3. The normalized spacial score (nSPS) is 14.4. The Morgan fingerprint density at radius 1 is 1.03 bits per heavy atom. The molecule has 1 fully saturated rings. The van der Waals surface area contributed by atoms with E-state index in [0.29, 0.717) is 71.6 Å². The van der Waals surface area contributed by atoms with Crippen LogP contribution in [0.5, 0.6) is 0 Å². The maximum Gasteiger partial charge on any atom is 0.241 e. The molecule has 0 saturated carbocycles. The maximum atomic E-state index is 13.1. The fourth-order valence-corrected chi connectivity index (χ4v) is 4.55. The Kier molecular flexibility index (Phi) is 7.39. The van der Waals surface area contributed by atoms with E-state index in [2.05, 4.69) is 20.4 Å². The average molecular weight is 519 g/mol. The maximum absolute atomic E-state index is 13.1. The standard InChI is InChI=1S/C28H24ClFN4O3/c29-21-8-11-24(23(16-21)26(35)18-4-2-1-3-5-18)31-28(36)20-12-14-34(15-13-20)17-25-32-27(33-37-25)19-6-9-22(30)10-7-19/h1-11,16,20H,12-15,17H2,(H,31,36). The van der Waals surface area contributed by atoms with Crippen LogP contribution in [-0.4, -0.2) is 39.8 Å². The van der Waals surface area contributed by atoms with Crippen molar-refractivity contribution >= 4 is 29.0 Å². The van der Waals surface area contributed by atoms with Crippen molar-refractivity contribution in [2.24, 2.45) is 5.92 Å². The molecule has 4 aromatic rings. The van der Waals surface area contributed by atoms with Crippen LogP contribution < -0.4 is 5.32 Å². The van der Waals surface area contributed by atoms with Crippen LogP contribution >= 0.6 is 11.6 Å². The van der Waals surface area contributed by atoms with Gasteiger partial charge in [-0.1, -0.05) is 47.1 Å². The lowest BCUT2D eigenvalue weighted by molar-refractivity contribution is -0.121. The first-order valence-electron chi connectivity index (χ1n) is 12.0. The summed E-state index contributed by atoms with van der Waals surface area (Å²) in [7, 11) is 0. The predicted octanol–water partition coefficient (Wildman–Crippen LogP) is 5.61. The third-order valence-electron chi connectivity index (χ3n) is 6.41. The van der Waals surface area contributed by atoms with Crippen molar-refractivity contribution in [2.45, 2.75) is 19.4 Å². The number of anilines is 1. The fourth-order valence-electron chi connectivity index (χ4n) is 4.37. The minimum atomic E-state index is -0.325. The Hall–Kier alpha value is -3.88. The Morgan fingerprint density at radius 3 is 2.49 bits per heavy atom. The molecular formula is C28H24ClFN4O3. The first kappa shape index (κ1) is 24.8. The zero-order chi connectivity index (χ0) is 25.8. The van der Waals surface area contributed by atoms with Crippen molar-refractivity contribution in [3.63, 3.8) is 0 Å².